The summed E-state index contributed by atoms with van der Waals surface area (Å²) in [5.41, 5.74) is 1.19. The second kappa shape index (κ2) is 5.78. The highest BCUT2D eigenvalue weighted by atomic mass is 79.9. The van der Waals surface area contributed by atoms with Gasteiger partial charge in [0.25, 0.3) is 0 Å². The standard InChI is InChI=1S/C12H15Br2NS/c1-8-11(3-2-6-16-8)15-12-7-9(13)4-5-10(12)14/h4-5,7-8,11,15H,2-3,6H2,1H3. The lowest BCUT2D eigenvalue weighted by Crippen LogP contribution is -2.32. The first-order valence-corrected chi connectivity index (χ1v) is 8.13. The van der Waals surface area contributed by atoms with E-state index < -0.39 is 0 Å². The Balaban J connectivity index is 2.10. The number of halogens is 2. The van der Waals surface area contributed by atoms with Crippen LogP contribution in [0, 0.1) is 0 Å². The van der Waals surface area contributed by atoms with Gasteiger partial charge in [-0.15, -0.1) is 0 Å². The number of rotatable bonds is 2. The molecule has 1 nitrogen and oxygen atoms in total. The van der Waals surface area contributed by atoms with Gasteiger partial charge < -0.3 is 5.32 Å². The van der Waals surface area contributed by atoms with Gasteiger partial charge in [0.15, 0.2) is 0 Å². The van der Waals surface area contributed by atoms with Crippen molar-refractivity contribution in [2.75, 3.05) is 11.1 Å². The summed E-state index contributed by atoms with van der Waals surface area (Å²) in [6, 6.07) is 6.85. The second-order valence-electron chi connectivity index (χ2n) is 4.09. The van der Waals surface area contributed by atoms with E-state index in [9.17, 15) is 0 Å². The van der Waals surface area contributed by atoms with Crippen LogP contribution in [-0.4, -0.2) is 17.0 Å². The number of nitrogens with one attached hydrogen (secondary N) is 1. The fraction of sp³-hybridized carbons (Fsp3) is 0.500. The van der Waals surface area contributed by atoms with Crippen LogP contribution in [0.5, 0.6) is 0 Å². The van der Waals surface area contributed by atoms with Gasteiger partial charge in [0.2, 0.25) is 0 Å². The lowest BCUT2D eigenvalue weighted by atomic mass is 10.1. The minimum absolute atomic E-state index is 0.587. The van der Waals surface area contributed by atoms with Crippen LogP contribution in [0.4, 0.5) is 5.69 Å². The third-order valence-corrected chi connectivity index (χ3v) is 5.44. The maximum absolute atomic E-state index is 3.64. The maximum Gasteiger partial charge on any atom is 0.0498 e. The van der Waals surface area contributed by atoms with Gasteiger partial charge in [0, 0.05) is 25.9 Å². The van der Waals surface area contributed by atoms with Gasteiger partial charge in [-0.3, -0.25) is 0 Å². The molecule has 0 bridgehead atoms. The van der Waals surface area contributed by atoms with Crippen molar-refractivity contribution < 1.29 is 0 Å². The molecule has 1 saturated heterocycles. The fourth-order valence-corrected chi connectivity index (χ4v) is 3.78. The lowest BCUT2D eigenvalue weighted by Gasteiger charge is -2.30. The quantitative estimate of drug-likeness (QED) is 0.800. The largest absolute Gasteiger partial charge is 0.380 e. The molecule has 2 unspecified atom stereocenters. The number of hydrogen-bond donors (Lipinski definition) is 1. The highest BCUT2D eigenvalue weighted by molar-refractivity contribution is 9.11. The van der Waals surface area contributed by atoms with E-state index >= 15 is 0 Å². The molecule has 1 aromatic carbocycles. The Labute approximate surface area is 118 Å². The van der Waals surface area contributed by atoms with Gasteiger partial charge in [-0.1, -0.05) is 22.9 Å². The van der Waals surface area contributed by atoms with E-state index in [4.69, 9.17) is 0 Å². The topological polar surface area (TPSA) is 12.0 Å². The molecule has 0 radical (unpaired) electrons. The van der Waals surface area contributed by atoms with Crippen molar-refractivity contribution in [3.63, 3.8) is 0 Å². The van der Waals surface area contributed by atoms with Crippen LogP contribution in [0.15, 0.2) is 27.1 Å². The third kappa shape index (κ3) is 3.17. The summed E-state index contributed by atoms with van der Waals surface area (Å²) < 4.78 is 2.26. The van der Waals surface area contributed by atoms with E-state index in [1.165, 1.54) is 24.3 Å². The zero-order valence-electron chi connectivity index (χ0n) is 9.17. The number of benzene rings is 1. The number of thioether (sulfide) groups is 1. The Morgan fingerprint density at radius 3 is 2.94 bits per heavy atom. The van der Waals surface area contributed by atoms with E-state index in [1.54, 1.807) is 0 Å². The van der Waals surface area contributed by atoms with E-state index in [-0.39, 0.29) is 0 Å². The van der Waals surface area contributed by atoms with Crippen LogP contribution in [0.3, 0.4) is 0 Å². The average Bonchev–Trinajstić information content (AvgIpc) is 2.27. The zero-order chi connectivity index (χ0) is 11.5. The molecule has 2 rings (SSSR count). The molecule has 0 aliphatic carbocycles. The molecule has 1 heterocycles. The van der Waals surface area contributed by atoms with Crippen molar-refractivity contribution in [2.24, 2.45) is 0 Å². The van der Waals surface area contributed by atoms with Gasteiger partial charge in [-0.25, -0.2) is 0 Å². The molecule has 0 amide bonds. The smallest absolute Gasteiger partial charge is 0.0498 e. The van der Waals surface area contributed by atoms with Crippen molar-refractivity contribution >= 4 is 49.3 Å². The SMILES string of the molecule is CC1SCCCC1Nc1cc(Br)ccc1Br. The van der Waals surface area contributed by atoms with Gasteiger partial charge in [0.05, 0.1) is 0 Å². The Morgan fingerprint density at radius 2 is 2.19 bits per heavy atom. The molecular formula is C12H15Br2NS. The minimum Gasteiger partial charge on any atom is -0.380 e. The van der Waals surface area contributed by atoms with Crippen LogP contribution in [0.1, 0.15) is 19.8 Å². The molecule has 0 saturated carbocycles. The first kappa shape index (κ1) is 12.8. The third-order valence-electron chi connectivity index (χ3n) is 2.88. The van der Waals surface area contributed by atoms with Crippen LogP contribution in [-0.2, 0) is 0 Å². The molecule has 16 heavy (non-hydrogen) atoms. The molecule has 4 heteroatoms. The summed E-state index contributed by atoms with van der Waals surface area (Å²) in [4.78, 5) is 0. The summed E-state index contributed by atoms with van der Waals surface area (Å²) >= 11 is 9.16. The van der Waals surface area contributed by atoms with Crippen molar-refractivity contribution in [1.29, 1.82) is 0 Å². The molecule has 1 fully saturated rings. The van der Waals surface area contributed by atoms with Crippen molar-refractivity contribution in [3.8, 4) is 0 Å². The first-order valence-electron chi connectivity index (χ1n) is 5.50. The van der Waals surface area contributed by atoms with Gasteiger partial charge in [0.1, 0.15) is 0 Å². The number of hydrogen-bond acceptors (Lipinski definition) is 2. The molecule has 88 valence electrons. The zero-order valence-corrected chi connectivity index (χ0v) is 13.2. The molecular weight excluding hydrogens is 350 g/mol. The molecule has 0 spiro atoms. The molecule has 1 aromatic rings. The fourth-order valence-electron chi connectivity index (χ4n) is 1.92. The highest BCUT2D eigenvalue weighted by Gasteiger charge is 2.21. The van der Waals surface area contributed by atoms with Gasteiger partial charge in [-0.05, 0) is 52.7 Å². The lowest BCUT2D eigenvalue weighted by molar-refractivity contribution is 0.617. The van der Waals surface area contributed by atoms with Gasteiger partial charge >= 0.3 is 0 Å². The van der Waals surface area contributed by atoms with Crippen LogP contribution < -0.4 is 5.32 Å². The predicted molar refractivity (Wildman–Crippen MR) is 80.4 cm³/mol. The Morgan fingerprint density at radius 1 is 1.38 bits per heavy atom. The van der Waals surface area contributed by atoms with E-state index in [0.717, 1.165) is 8.95 Å². The molecule has 1 aliphatic rings. The van der Waals surface area contributed by atoms with E-state index in [2.05, 4.69) is 68.0 Å². The average molecular weight is 365 g/mol. The second-order valence-corrected chi connectivity index (χ2v) is 7.35. The van der Waals surface area contributed by atoms with Crippen LogP contribution >= 0.6 is 43.6 Å². The predicted octanol–water partition coefficient (Wildman–Crippen LogP) is 4.91. The maximum atomic E-state index is 3.64. The van der Waals surface area contributed by atoms with Crippen molar-refractivity contribution in [2.45, 2.75) is 31.1 Å². The number of anilines is 1. The highest BCUT2D eigenvalue weighted by Crippen LogP contribution is 2.31. The first-order chi connectivity index (χ1) is 7.66. The Hall–Kier alpha value is 0.330. The summed E-state index contributed by atoms with van der Waals surface area (Å²) in [6.45, 7) is 2.31. The van der Waals surface area contributed by atoms with Crippen LogP contribution in [0.2, 0.25) is 0 Å². The summed E-state index contributed by atoms with van der Waals surface area (Å²) in [7, 11) is 0. The minimum atomic E-state index is 0.587. The summed E-state index contributed by atoms with van der Waals surface area (Å²) in [6.07, 6.45) is 2.59. The summed E-state index contributed by atoms with van der Waals surface area (Å²) in [5, 5.41) is 4.34. The van der Waals surface area contributed by atoms with E-state index in [0.29, 0.717) is 11.3 Å². The molecule has 2 atom stereocenters. The molecule has 1 N–H and O–H groups in total. The monoisotopic (exact) mass is 363 g/mol. The normalized spacial score (nSPS) is 25.4. The van der Waals surface area contributed by atoms with E-state index in [1.807, 2.05) is 6.07 Å². The Bertz CT molecular complexity index is 370. The van der Waals surface area contributed by atoms with Crippen molar-refractivity contribution in [1.82, 2.24) is 0 Å². The molecule has 1 aliphatic heterocycles. The van der Waals surface area contributed by atoms with Crippen molar-refractivity contribution in [3.05, 3.63) is 27.1 Å². The molecule has 0 aromatic heterocycles. The Kier molecular flexibility index (Phi) is 4.62. The van der Waals surface area contributed by atoms with Gasteiger partial charge in [-0.2, -0.15) is 11.8 Å². The van der Waals surface area contributed by atoms with Crippen LogP contribution in [0.25, 0.3) is 0 Å². The summed E-state index contributed by atoms with van der Waals surface area (Å²) in [5.74, 6) is 1.30.